The van der Waals surface area contributed by atoms with Crippen LogP contribution in [0, 0.1) is 0 Å². The van der Waals surface area contributed by atoms with Crippen LogP contribution in [0.5, 0.6) is 0 Å². The molecule has 0 aliphatic heterocycles. The lowest BCUT2D eigenvalue weighted by atomic mass is 9.98. The molecule has 10 heteroatoms. The van der Waals surface area contributed by atoms with Crippen LogP contribution in [0.4, 0.5) is 6.01 Å². The number of carbonyl (C=O) groups is 2. The molecular weight excluding hydrogens is 350 g/mol. The van der Waals surface area contributed by atoms with Gasteiger partial charge in [0.2, 0.25) is 0 Å². The molecule has 25 heavy (non-hydrogen) atoms. The van der Waals surface area contributed by atoms with Gasteiger partial charge in [0, 0.05) is 11.8 Å². The predicted molar refractivity (Wildman–Crippen MR) is 88.8 cm³/mol. The number of amides is 1. The van der Waals surface area contributed by atoms with E-state index in [0.29, 0.717) is 5.56 Å². The third-order valence-corrected chi connectivity index (χ3v) is 3.89. The first-order valence-electron chi connectivity index (χ1n) is 7.23. The van der Waals surface area contributed by atoms with E-state index in [2.05, 4.69) is 15.4 Å². The number of rotatable bonds is 5. The number of halogens is 1. The number of anilines is 1. The Bertz CT molecular complexity index is 869. The summed E-state index contributed by atoms with van der Waals surface area (Å²) in [5.41, 5.74) is 6.89. The second-order valence-electron chi connectivity index (χ2n) is 5.32. The van der Waals surface area contributed by atoms with Crippen LogP contribution in [0.15, 0.2) is 41.3 Å². The smallest absolute Gasteiger partial charge is 0.325 e. The molecule has 2 unspecified atom stereocenters. The molecule has 2 atom stereocenters. The minimum atomic E-state index is -0.985. The number of allylic oxidation sites excluding steroid dienone is 2. The largest absolute Gasteiger partial charge is 0.480 e. The fourth-order valence-electron chi connectivity index (χ4n) is 2.32. The zero-order valence-corrected chi connectivity index (χ0v) is 13.6. The first-order valence-corrected chi connectivity index (χ1v) is 7.66. The Balaban J connectivity index is 1.76. The van der Waals surface area contributed by atoms with Crippen LogP contribution in [0.25, 0.3) is 5.57 Å². The molecule has 0 saturated carbocycles. The number of hydrogen-bond acceptors (Lipinski definition) is 6. The number of hydrogen-bond donors (Lipinski definition) is 3. The molecule has 0 bridgehead atoms. The predicted octanol–water partition coefficient (Wildman–Crippen LogP) is 0.897. The molecule has 9 nitrogen and oxygen atoms in total. The maximum atomic E-state index is 12.2. The Morgan fingerprint density at radius 3 is 2.96 bits per heavy atom. The highest BCUT2D eigenvalue weighted by Crippen LogP contribution is 2.24. The summed E-state index contributed by atoms with van der Waals surface area (Å²) in [7, 11) is 0. The van der Waals surface area contributed by atoms with Crippen molar-refractivity contribution < 1.29 is 19.1 Å². The Morgan fingerprint density at radius 2 is 2.28 bits per heavy atom. The van der Waals surface area contributed by atoms with Gasteiger partial charge in [-0.2, -0.15) is 10.1 Å². The van der Waals surface area contributed by atoms with Crippen molar-refractivity contribution in [2.75, 3.05) is 5.73 Å². The number of alkyl halides is 1. The van der Waals surface area contributed by atoms with Crippen LogP contribution >= 0.6 is 11.6 Å². The molecule has 0 spiro atoms. The topological polar surface area (TPSA) is 136 Å². The van der Waals surface area contributed by atoms with Gasteiger partial charge in [-0.3, -0.25) is 14.3 Å². The standard InChI is InChI=1S/C15H14ClN5O4/c16-10-2-1-8(9-4-18-21(5-9)6-13(22)23)3-11(10)19-14(24)12-7-25-15(17)20-12/h1-5,7,10-11H,6H2,(H2,17,20)(H,19,24)(H,22,23). The highest BCUT2D eigenvalue weighted by molar-refractivity contribution is 6.23. The van der Waals surface area contributed by atoms with Gasteiger partial charge in [-0.05, 0) is 5.57 Å². The highest BCUT2D eigenvalue weighted by Gasteiger charge is 2.23. The molecule has 1 amide bonds. The second-order valence-corrected chi connectivity index (χ2v) is 5.82. The molecule has 130 valence electrons. The van der Waals surface area contributed by atoms with E-state index < -0.39 is 23.3 Å². The molecule has 3 rings (SSSR count). The summed E-state index contributed by atoms with van der Waals surface area (Å²) in [4.78, 5) is 26.6. The molecule has 2 aromatic rings. The van der Waals surface area contributed by atoms with E-state index >= 15 is 0 Å². The van der Waals surface area contributed by atoms with Crippen molar-refractivity contribution in [2.24, 2.45) is 0 Å². The molecule has 4 N–H and O–H groups in total. The number of carbonyl (C=O) groups excluding carboxylic acids is 1. The van der Waals surface area contributed by atoms with E-state index in [9.17, 15) is 9.59 Å². The number of nitrogens with one attached hydrogen (secondary N) is 1. The van der Waals surface area contributed by atoms with Gasteiger partial charge < -0.3 is 20.6 Å². The fraction of sp³-hybridized carbons (Fsp3) is 0.200. The van der Waals surface area contributed by atoms with Gasteiger partial charge >= 0.3 is 5.97 Å². The lowest BCUT2D eigenvalue weighted by Gasteiger charge is -2.22. The summed E-state index contributed by atoms with van der Waals surface area (Å²) >= 11 is 6.23. The molecule has 1 aliphatic carbocycles. The summed E-state index contributed by atoms with van der Waals surface area (Å²) in [5.74, 6) is -1.45. The zero-order chi connectivity index (χ0) is 18.0. The van der Waals surface area contributed by atoms with Gasteiger partial charge in [-0.25, -0.2) is 0 Å². The Labute approximate surface area is 146 Å². The van der Waals surface area contributed by atoms with Crippen molar-refractivity contribution >= 4 is 35.1 Å². The second kappa shape index (κ2) is 6.81. The fourth-order valence-corrected chi connectivity index (χ4v) is 2.53. The van der Waals surface area contributed by atoms with E-state index in [-0.39, 0.29) is 18.3 Å². The summed E-state index contributed by atoms with van der Waals surface area (Å²) in [6.45, 7) is -0.233. The summed E-state index contributed by atoms with van der Waals surface area (Å²) in [6, 6.07) is -0.590. The molecular formula is C15H14ClN5O4. The summed E-state index contributed by atoms with van der Waals surface area (Å²) < 4.78 is 6.12. The van der Waals surface area contributed by atoms with Crippen LogP contribution in [-0.4, -0.2) is 43.2 Å². The normalized spacial score (nSPS) is 19.5. The molecule has 2 aromatic heterocycles. The van der Waals surface area contributed by atoms with Crippen molar-refractivity contribution in [1.29, 1.82) is 0 Å². The zero-order valence-electron chi connectivity index (χ0n) is 12.8. The molecule has 0 radical (unpaired) electrons. The third-order valence-electron chi connectivity index (χ3n) is 3.48. The summed E-state index contributed by atoms with van der Waals surface area (Å²) in [5, 5.41) is 15.1. The monoisotopic (exact) mass is 363 g/mol. The van der Waals surface area contributed by atoms with Gasteiger partial charge in [-0.1, -0.05) is 18.2 Å². The van der Waals surface area contributed by atoms with Crippen molar-refractivity contribution in [2.45, 2.75) is 18.0 Å². The maximum absolute atomic E-state index is 12.2. The maximum Gasteiger partial charge on any atom is 0.325 e. The molecule has 0 fully saturated rings. The van der Waals surface area contributed by atoms with Gasteiger partial charge in [0.15, 0.2) is 5.69 Å². The van der Waals surface area contributed by atoms with Crippen molar-refractivity contribution in [3.8, 4) is 0 Å². The highest BCUT2D eigenvalue weighted by atomic mass is 35.5. The van der Waals surface area contributed by atoms with Gasteiger partial charge in [0.25, 0.3) is 11.9 Å². The van der Waals surface area contributed by atoms with Gasteiger partial charge in [0.1, 0.15) is 12.8 Å². The minimum absolute atomic E-state index is 0.0557. The number of nitrogens with zero attached hydrogens (tertiary/aromatic N) is 3. The molecule has 2 heterocycles. The van der Waals surface area contributed by atoms with E-state index in [4.69, 9.17) is 26.9 Å². The average molecular weight is 364 g/mol. The van der Waals surface area contributed by atoms with Crippen molar-refractivity contribution in [1.82, 2.24) is 20.1 Å². The Hall–Kier alpha value is -3.07. The number of carboxylic acids is 1. The average Bonchev–Trinajstić information content (AvgIpc) is 3.18. The number of oxazole rings is 1. The first-order chi connectivity index (χ1) is 11.9. The number of carboxylic acid groups (broad SMARTS) is 1. The quantitative estimate of drug-likeness (QED) is 0.671. The molecule has 1 aliphatic rings. The van der Waals surface area contributed by atoms with E-state index in [1.165, 1.54) is 4.68 Å². The van der Waals surface area contributed by atoms with Crippen LogP contribution in [0.1, 0.15) is 16.1 Å². The van der Waals surface area contributed by atoms with E-state index in [0.717, 1.165) is 11.8 Å². The van der Waals surface area contributed by atoms with Gasteiger partial charge in [-0.15, -0.1) is 11.6 Å². The third kappa shape index (κ3) is 3.89. The minimum Gasteiger partial charge on any atom is -0.480 e. The Kier molecular flexibility index (Phi) is 4.57. The number of aliphatic carboxylic acids is 1. The molecule has 0 aromatic carbocycles. The molecule has 0 saturated heterocycles. The number of aromatic nitrogens is 3. The van der Waals surface area contributed by atoms with Crippen molar-refractivity contribution in [3.05, 3.63) is 48.1 Å². The Morgan fingerprint density at radius 1 is 1.48 bits per heavy atom. The SMILES string of the molecule is Nc1nc(C(=O)NC2C=C(c3cnn(CC(=O)O)c3)C=CC2Cl)co1. The van der Waals surface area contributed by atoms with Crippen LogP contribution in [0.2, 0.25) is 0 Å². The first kappa shape index (κ1) is 16.8. The number of nitrogen functional groups attached to an aromatic ring is 1. The lowest BCUT2D eigenvalue weighted by molar-refractivity contribution is -0.137. The van der Waals surface area contributed by atoms with Crippen LogP contribution in [0.3, 0.4) is 0 Å². The van der Waals surface area contributed by atoms with E-state index in [1.807, 2.05) is 0 Å². The van der Waals surface area contributed by atoms with Crippen molar-refractivity contribution in [3.63, 3.8) is 0 Å². The summed E-state index contributed by atoms with van der Waals surface area (Å²) in [6.07, 6.45) is 9.60. The van der Waals surface area contributed by atoms with Gasteiger partial charge in [0.05, 0.1) is 17.6 Å². The van der Waals surface area contributed by atoms with Crippen LogP contribution in [-0.2, 0) is 11.3 Å². The lowest BCUT2D eigenvalue weighted by Crippen LogP contribution is -2.40. The van der Waals surface area contributed by atoms with E-state index in [1.54, 1.807) is 30.6 Å². The number of nitrogens with two attached hydrogens (primary N) is 1. The van der Waals surface area contributed by atoms with Crippen LogP contribution < -0.4 is 11.1 Å².